The molecule has 0 amide bonds. The first-order chi connectivity index (χ1) is 7.06. The van der Waals surface area contributed by atoms with Gasteiger partial charge in [0.25, 0.3) is 0 Å². The Kier molecular flexibility index (Phi) is 4.43. The van der Waals surface area contributed by atoms with Gasteiger partial charge in [0.1, 0.15) is 0 Å². The summed E-state index contributed by atoms with van der Waals surface area (Å²) >= 11 is 11.6. The van der Waals surface area contributed by atoms with Crippen LogP contribution in [-0.4, -0.2) is 11.1 Å². The maximum Gasteiger partial charge on any atom is 0.307 e. The zero-order valence-electron chi connectivity index (χ0n) is 8.12. The summed E-state index contributed by atoms with van der Waals surface area (Å²) in [6.45, 7) is 3.55. The minimum atomic E-state index is -0.827. The van der Waals surface area contributed by atoms with E-state index in [2.05, 4.69) is 6.58 Å². The van der Waals surface area contributed by atoms with Crippen LogP contribution in [-0.2, 0) is 4.79 Å². The molecule has 4 heteroatoms. The number of rotatable bonds is 4. The highest BCUT2D eigenvalue weighted by molar-refractivity contribution is 6.44. The van der Waals surface area contributed by atoms with Crippen molar-refractivity contribution in [1.29, 1.82) is 0 Å². The summed E-state index contributed by atoms with van der Waals surface area (Å²) in [5.41, 5.74) is 0. The largest absolute Gasteiger partial charge is 0.481 e. The predicted molar refractivity (Wildman–Crippen MR) is 61.9 cm³/mol. The fourth-order valence-corrected chi connectivity index (χ4v) is 1.98. The van der Waals surface area contributed by atoms with Crippen LogP contribution in [0.3, 0.4) is 0 Å². The van der Waals surface area contributed by atoms with Crippen molar-refractivity contribution in [3.05, 3.63) is 34.9 Å². The molecule has 1 rings (SSSR count). The van der Waals surface area contributed by atoms with Gasteiger partial charge in [-0.25, -0.2) is 0 Å². The third kappa shape index (κ3) is 3.11. The zero-order valence-corrected chi connectivity index (χ0v) is 9.63. The summed E-state index contributed by atoms with van der Waals surface area (Å²) in [6.07, 6.45) is 6.13. The van der Waals surface area contributed by atoms with E-state index in [0.29, 0.717) is 22.9 Å². The summed E-state index contributed by atoms with van der Waals surface area (Å²) in [6, 6.07) is 0. The van der Waals surface area contributed by atoms with Crippen LogP contribution in [0.15, 0.2) is 34.9 Å². The monoisotopic (exact) mass is 246 g/mol. The predicted octanol–water partition coefficient (Wildman–Crippen LogP) is 3.53. The van der Waals surface area contributed by atoms with E-state index in [1.54, 1.807) is 18.2 Å². The lowest BCUT2D eigenvalue weighted by atomic mass is 9.85. The number of halogens is 2. The van der Waals surface area contributed by atoms with Gasteiger partial charge in [-0.1, -0.05) is 41.4 Å². The number of allylic oxidation sites excluding steroid dienone is 5. The Hall–Kier alpha value is -0.730. The van der Waals surface area contributed by atoms with E-state index in [1.807, 2.05) is 0 Å². The first kappa shape index (κ1) is 12.3. The van der Waals surface area contributed by atoms with Crippen molar-refractivity contribution in [3.63, 3.8) is 0 Å². The van der Waals surface area contributed by atoms with Crippen molar-refractivity contribution < 1.29 is 9.90 Å². The molecule has 15 heavy (non-hydrogen) atoms. The normalized spacial score (nSPS) is 22.7. The van der Waals surface area contributed by atoms with Crippen molar-refractivity contribution in [2.75, 3.05) is 0 Å². The summed E-state index contributed by atoms with van der Waals surface area (Å²) in [5, 5.41) is 9.96. The molecule has 2 nitrogen and oxygen atoms in total. The molecule has 0 spiro atoms. The Balaban J connectivity index is 2.80. The van der Waals surface area contributed by atoms with Crippen LogP contribution in [0.1, 0.15) is 12.8 Å². The van der Waals surface area contributed by atoms with E-state index in [9.17, 15) is 4.79 Å². The van der Waals surface area contributed by atoms with Gasteiger partial charge in [0.05, 0.1) is 16.0 Å². The second-order valence-electron chi connectivity index (χ2n) is 3.44. The molecule has 0 saturated heterocycles. The fraction of sp³-hybridized carbons (Fsp3) is 0.364. The third-order valence-corrected chi connectivity index (χ3v) is 3.20. The van der Waals surface area contributed by atoms with Crippen LogP contribution < -0.4 is 0 Å². The molecule has 0 saturated carbocycles. The molecule has 0 bridgehead atoms. The van der Waals surface area contributed by atoms with E-state index < -0.39 is 11.9 Å². The SMILES string of the molecule is C=CCC(C(=O)O)C1C=C(Cl)C(Cl)=CC1. The maximum atomic E-state index is 11.0. The number of hydrogen-bond acceptors (Lipinski definition) is 1. The van der Waals surface area contributed by atoms with Crippen molar-refractivity contribution in [1.82, 2.24) is 0 Å². The lowest BCUT2D eigenvalue weighted by Gasteiger charge is -2.21. The highest BCUT2D eigenvalue weighted by Gasteiger charge is 2.27. The van der Waals surface area contributed by atoms with E-state index in [-0.39, 0.29) is 5.92 Å². The molecule has 0 aromatic heterocycles. The minimum Gasteiger partial charge on any atom is -0.481 e. The van der Waals surface area contributed by atoms with Crippen LogP contribution in [0.2, 0.25) is 0 Å². The van der Waals surface area contributed by atoms with Gasteiger partial charge in [0.15, 0.2) is 0 Å². The highest BCUT2D eigenvalue weighted by Crippen LogP contribution is 2.33. The molecular formula is C11H12Cl2O2. The molecule has 1 N–H and O–H groups in total. The Morgan fingerprint density at radius 3 is 2.80 bits per heavy atom. The highest BCUT2D eigenvalue weighted by atomic mass is 35.5. The standard InChI is InChI=1S/C11H12Cl2O2/c1-2-3-8(11(14)15)7-4-5-9(12)10(13)6-7/h2,5-8H,1,3-4H2,(H,14,15). The third-order valence-electron chi connectivity index (χ3n) is 2.41. The molecule has 0 aromatic carbocycles. The van der Waals surface area contributed by atoms with Crippen molar-refractivity contribution in [3.8, 4) is 0 Å². The molecule has 1 aliphatic rings. The maximum absolute atomic E-state index is 11.0. The van der Waals surface area contributed by atoms with Gasteiger partial charge in [-0.05, 0) is 18.8 Å². The molecule has 2 atom stereocenters. The van der Waals surface area contributed by atoms with E-state index in [0.717, 1.165) is 0 Å². The molecule has 0 heterocycles. The topological polar surface area (TPSA) is 37.3 Å². The average molecular weight is 247 g/mol. The summed E-state index contributed by atoms with van der Waals surface area (Å²) in [5.74, 6) is -1.40. The van der Waals surface area contributed by atoms with Gasteiger partial charge >= 0.3 is 5.97 Å². The van der Waals surface area contributed by atoms with Crippen molar-refractivity contribution in [2.24, 2.45) is 11.8 Å². The van der Waals surface area contributed by atoms with E-state index >= 15 is 0 Å². The summed E-state index contributed by atoms with van der Waals surface area (Å²) in [4.78, 5) is 11.0. The van der Waals surface area contributed by atoms with Gasteiger partial charge in [-0.2, -0.15) is 0 Å². The molecule has 2 unspecified atom stereocenters. The second kappa shape index (κ2) is 5.38. The van der Waals surface area contributed by atoms with Gasteiger partial charge in [-0.15, -0.1) is 6.58 Å². The number of carboxylic acid groups (broad SMARTS) is 1. The lowest BCUT2D eigenvalue weighted by molar-refractivity contribution is -0.142. The van der Waals surface area contributed by atoms with Crippen molar-refractivity contribution in [2.45, 2.75) is 12.8 Å². The molecule has 0 fully saturated rings. The first-order valence-corrected chi connectivity index (χ1v) is 5.39. The number of carboxylic acids is 1. The quantitative estimate of drug-likeness (QED) is 0.771. The van der Waals surface area contributed by atoms with Gasteiger partial charge in [0.2, 0.25) is 0 Å². The van der Waals surface area contributed by atoms with Crippen LogP contribution in [0.4, 0.5) is 0 Å². The second-order valence-corrected chi connectivity index (χ2v) is 4.25. The Bertz CT molecular complexity index is 331. The number of aliphatic carboxylic acids is 1. The summed E-state index contributed by atoms with van der Waals surface area (Å²) < 4.78 is 0. The zero-order chi connectivity index (χ0) is 11.4. The molecule has 82 valence electrons. The first-order valence-electron chi connectivity index (χ1n) is 4.63. The lowest BCUT2D eigenvalue weighted by Crippen LogP contribution is -2.22. The Labute approximate surface area is 98.9 Å². The fourth-order valence-electron chi connectivity index (χ4n) is 1.59. The Morgan fingerprint density at radius 1 is 1.67 bits per heavy atom. The summed E-state index contributed by atoms with van der Waals surface area (Å²) in [7, 11) is 0. The minimum absolute atomic E-state index is 0.101. The van der Waals surface area contributed by atoms with Crippen LogP contribution in [0.5, 0.6) is 0 Å². The van der Waals surface area contributed by atoms with Crippen LogP contribution in [0, 0.1) is 11.8 Å². The smallest absolute Gasteiger partial charge is 0.307 e. The van der Waals surface area contributed by atoms with Gasteiger partial charge < -0.3 is 5.11 Å². The molecule has 0 radical (unpaired) electrons. The van der Waals surface area contributed by atoms with Gasteiger partial charge in [0, 0.05) is 0 Å². The van der Waals surface area contributed by atoms with Crippen LogP contribution >= 0.6 is 23.2 Å². The van der Waals surface area contributed by atoms with Gasteiger partial charge in [-0.3, -0.25) is 4.79 Å². The van der Waals surface area contributed by atoms with Crippen molar-refractivity contribution >= 4 is 29.2 Å². The molecular weight excluding hydrogens is 235 g/mol. The van der Waals surface area contributed by atoms with Crippen LogP contribution in [0.25, 0.3) is 0 Å². The average Bonchev–Trinajstić information content (AvgIpc) is 2.18. The van der Waals surface area contributed by atoms with E-state index in [4.69, 9.17) is 28.3 Å². The molecule has 0 aromatic rings. The number of hydrogen-bond donors (Lipinski definition) is 1. The van der Waals surface area contributed by atoms with E-state index in [1.165, 1.54) is 0 Å². The molecule has 0 aliphatic heterocycles. The Morgan fingerprint density at radius 2 is 2.33 bits per heavy atom. The number of carbonyl (C=O) groups is 1. The molecule has 1 aliphatic carbocycles.